The van der Waals surface area contributed by atoms with Crippen LogP contribution in [0.25, 0.3) is 16.9 Å². The number of rotatable bonds is 7. The highest BCUT2D eigenvalue weighted by molar-refractivity contribution is 6.35. The molecule has 5 rings (SSSR count). The summed E-state index contributed by atoms with van der Waals surface area (Å²) in [5.74, 6) is 0.807. The highest BCUT2D eigenvalue weighted by atomic mass is 35.5. The molecule has 0 fully saturated rings. The minimum atomic E-state index is -0.369. The summed E-state index contributed by atoms with van der Waals surface area (Å²) < 4.78 is 7.62. The Balaban J connectivity index is 1.50. The van der Waals surface area contributed by atoms with E-state index in [0.29, 0.717) is 33.7 Å². The molecule has 0 saturated heterocycles. The molecule has 0 unspecified atom stereocenters. The van der Waals surface area contributed by atoms with Crippen LogP contribution in [0.2, 0.25) is 10.0 Å². The van der Waals surface area contributed by atoms with E-state index in [0.717, 1.165) is 28.1 Å². The Morgan fingerprint density at radius 1 is 0.947 bits per heavy atom. The minimum absolute atomic E-state index is 0.262. The van der Waals surface area contributed by atoms with Gasteiger partial charge in [0.2, 0.25) is 0 Å². The summed E-state index contributed by atoms with van der Waals surface area (Å²) in [5.41, 5.74) is 5.22. The van der Waals surface area contributed by atoms with Crippen molar-refractivity contribution in [2.24, 2.45) is 0 Å². The molecule has 0 atom stereocenters. The van der Waals surface area contributed by atoms with Crippen molar-refractivity contribution in [3.8, 4) is 22.7 Å². The number of nitrogens with zero attached hydrogens (tertiary/aromatic N) is 3. The number of aromatic nitrogens is 3. The topological polar surface area (TPSA) is 69.0 Å². The Labute approximate surface area is 230 Å². The van der Waals surface area contributed by atoms with Gasteiger partial charge in [-0.2, -0.15) is 5.10 Å². The van der Waals surface area contributed by atoms with Crippen LogP contribution in [0.1, 0.15) is 27.2 Å². The van der Waals surface area contributed by atoms with Crippen LogP contribution in [0.4, 0.5) is 5.82 Å². The van der Waals surface area contributed by atoms with E-state index in [1.54, 1.807) is 35.1 Å². The molecule has 2 aromatic heterocycles. The van der Waals surface area contributed by atoms with E-state index in [4.69, 9.17) is 27.9 Å². The van der Waals surface area contributed by atoms with Gasteiger partial charge in [-0.15, -0.1) is 0 Å². The van der Waals surface area contributed by atoms with Crippen LogP contribution < -0.4 is 10.1 Å². The molecule has 0 spiro atoms. The third-order valence-electron chi connectivity index (χ3n) is 6.00. The first-order valence-electron chi connectivity index (χ1n) is 12.0. The molecule has 2 heterocycles. The maximum Gasteiger partial charge on any atom is 0.277 e. The number of ether oxygens (including phenoxy) is 1. The molecule has 0 bridgehead atoms. The summed E-state index contributed by atoms with van der Waals surface area (Å²) in [5, 5.41) is 8.43. The van der Waals surface area contributed by atoms with Crippen molar-refractivity contribution < 1.29 is 9.53 Å². The average molecular weight is 543 g/mol. The molecule has 1 N–H and O–H groups in total. The van der Waals surface area contributed by atoms with E-state index in [1.807, 2.05) is 74.5 Å². The summed E-state index contributed by atoms with van der Waals surface area (Å²) in [6, 6.07) is 26.4. The van der Waals surface area contributed by atoms with Gasteiger partial charge < -0.3 is 10.1 Å². The van der Waals surface area contributed by atoms with Gasteiger partial charge in [0.1, 0.15) is 18.2 Å². The van der Waals surface area contributed by atoms with Gasteiger partial charge in [-0.05, 0) is 73.5 Å². The zero-order chi connectivity index (χ0) is 26.6. The Kier molecular flexibility index (Phi) is 7.45. The lowest BCUT2D eigenvalue weighted by Crippen LogP contribution is -2.15. The molecule has 190 valence electrons. The highest BCUT2D eigenvalue weighted by Crippen LogP contribution is 2.33. The number of halogens is 2. The third kappa shape index (κ3) is 5.57. The van der Waals surface area contributed by atoms with Gasteiger partial charge in [0.15, 0.2) is 5.69 Å². The van der Waals surface area contributed by atoms with Crippen LogP contribution in [0.3, 0.4) is 0 Å². The van der Waals surface area contributed by atoms with Crippen molar-refractivity contribution in [1.29, 1.82) is 0 Å². The van der Waals surface area contributed by atoms with Gasteiger partial charge in [-0.3, -0.25) is 4.79 Å². The largest absolute Gasteiger partial charge is 0.489 e. The van der Waals surface area contributed by atoms with E-state index >= 15 is 0 Å². The Bertz CT molecular complexity index is 1580. The quantitative estimate of drug-likeness (QED) is 0.229. The van der Waals surface area contributed by atoms with Gasteiger partial charge >= 0.3 is 0 Å². The highest BCUT2D eigenvalue weighted by Gasteiger charge is 2.23. The summed E-state index contributed by atoms with van der Waals surface area (Å²) >= 11 is 12.7. The fourth-order valence-corrected chi connectivity index (χ4v) is 4.53. The van der Waals surface area contributed by atoms with Crippen LogP contribution in [-0.2, 0) is 6.61 Å². The monoisotopic (exact) mass is 542 g/mol. The number of nitrogens with one attached hydrogen (secondary N) is 1. The maximum atomic E-state index is 13.3. The summed E-state index contributed by atoms with van der Waals surface area (Å²) in [6.45, 7) is 4.26. The molecule has 0 aliphatic carbocycles. The van der Waals surface area contributed by atoms with Crippen molar-refractivity contribution in [2.45, 2.75) is 20.5 Å². The molecule has 1 amide bonds. The number of benzene rings is 3. The molecular formula is C30H24Cl2N4O2. The Morgan fingerprint density at radius 3 is 2.39 bits per heavy atom. The molecule has 6 nitrogen and oxygen atoms in total. The number of pyridine rings is 1. The predicted molar refractivity (Wildman–Crippen MR) is 151 cm³/mol. The van der Waals surface area contributed by atoms with Crippen molar-refractivity contribution in [1.82, 2.24) is 14.8 Å². The molecule has 3 aromatic carbocycles. The molecule has 0 aliphatic heterocycles. The van der Waals surface area contributed by atoms with Crippen molar-refractivity contribution >= 4 is 34.9 Å². The van der Waals surface area contributed by atoms with E-state index in [2.05, 4.69) is 15.4 Å². The second-order valence-electron chi connectivity index (χ2n) is 8.80. The van der Waals surface area contributed by atoms with Crippen LogP contribution in [-0.4, -0.2) is 20.7 Å². The summed E-state index contributed by atoms with van der Waals surface area (Å²) in [7, 11) is 0. The SMILES string of the molecule is Cc1ccc(NC(=O)c2nn(-c3ccc(Cl)cc3Cl)c(-c3ccc(OCc4ccccc4)cc3)c2C)nc1. The fraction of sp³-hybridized carbons (Fsp3) is 0.100. The Hall–Kier alpha value is -4.13. The van der Waals surface area contributed by atoms with Crippen molar-refractivity contribution in [3.63, 3.8) is 0 Å². The third-order valence-corrected chi connectivity index (χ3v) is 6.54. The normalized spacial score (nSPS) is 10.8. The molecule has 0 aliphatic rings. The van der Waals surface area contributed by atoms with Gasteiger partial charge in [0, 0.05) is 22.3 Å². The fourth-order valence-electron chi connectivity index (χ4n) is 4.05. The van der Waals surface area contributed by atoms with Gasteiger partial charge in [-0.1, -0.05) is 59.6 Å². The van der Waals surface area contributed by atoms with Crippen LogP contribution >= 0.6 is 23.2 Å². The van der Waals surface area contributed by atoms with Crippen molar-refractivity contribution in [2.75, 3.05) is 5.32 Å². The van der Waals surface area contributed by atoms with Crippen LogP contribution in [0.5, 0.6) is 5.75 Å². The van der Waals surface area contributed by atoms with Gasteiger partial charge in [-0.25, -0.2) is 9.67 Å². The molecule has 8 heteroatoms. The average Bonchev–Trinajstić information content (AvgIpc) is 3.26. The first kappa shape index (κ1) is 25.5. The minimum Gasteiger partial charge on any atom is -0.489 e. The standard InChI is InChI=1S/C30H24Cl2N4O2/c1-19-8-15-27(33-17-19)34-30(37)28-20(2)29(36(35-28)26-14-11-23(31)16-25(26)32)22-9-12-24(13-10-22)38-18-21-6-4-3-5-7-21/h3-17H,18H2,1-2H3,(H,33,34,37). The first-order chi connectivity index (χ1) is 18.4. The summed E-state index contributed by atoms with van der Waals surface area (Å²) in [4.78, 5) is 17.5. The van der Waals surface area contributed by atoms with E-state index in [9.17, 15) is 4.79 Å². The number of carbonyl (C=O) groups is 1. The zero-order valence-corrected chi connectivity index (χ0v) is 22.3. The van der Waals surface area contributed by atoms with E-state index in [1.165, 1.54) is 0 Å². The lowest BCUT2D eigenvalue weighted by atomic mass is 10.1. The molecular weight excluding hydrogens is 519 g/mol. The van der Waals surface area contributed by atoms with E-state index < -0.39 is 0 Å². The molecule has 38 heavy (non-hydrogen) atoms. The second-order valence-corrected chi connectivity index (χ2v) is 9.65. The number of amides is 1. The summed E-state index contributed by atoms with van der Waals surface area (Å²) in [6.07, 6.45) is 1.70. The van der Waals surface area contributed by atoms with Crippen LogP contribution in [0, 0.1) is 13.8 Å². The van der Waals surface area contributed by atoms with Gasteiger partial charge in [0.25, 0.3) is 5.91 Å². The Morgan fingerprint density at radius 2 is 1.71 bits per heavy atom. The predicted octanol–water partition coefficient (Wildman–Crippen LogP) is 7.69. The number of hydrogen-bond donors (Lipinski definition) is 1. The number of hydrogen-bond acceptors (Lipinski definition) is 4. The molecule has 0 saturated carbocycles. The van der Waals surface area contributed by atoms with E-state index in [-0.39, 0.29) is 11.6 Å². The smallest absolute Gasteiger partial charge is 0.277 e. The maximum absolute atomic E-state index is 13.3. The zero-order valence-electron chi connectivity index (χ0n) is 20.8. The molecule has 5 aromatic rings. The van der Waals surface area contributed by atoms with Crippen molar-refractivity contribution in [3.05, 3.63) is 124 Å². The lowest BCUT2D eigenvalue weighted by Gasteiger charge is -2.12. The second kappa shape index (κ2) is 11.1. The van der Waals surface area contributed by atoms with Gasteiger partial charge in [0.05, 0.1) is 16.4 Å². The first-order valence-corrected chi connectivity index (χ1v) is 12.7. The number of carbonyl (C=O) groups excluding carboxylic acids is 1. The lowest BCUT2D eigenvalue weighted by molar-refractivity contribution is 0.102. The van der Waals surface area contributed by atoms with Crippen LogP contribution in [0.15, 0.2) is 91.1 Å². The number of anilines is 1. The number of aryl methyl sites for hydroxylation is 1. The molecule has 0 radical (unpaired) electrons.